The van der Waals surface area contributed by atoms with Crippen LogP contribution in [0.5, 0.6) is 0 Å². The van der Waals surface area contributed by atoms with Gasteiger partial charge in [-0.05, 0) is 23.5 Å². The number of nitrogens with zero attached hydrogens (tertiary/aromatic N) is 2. The van der Waals surface area contributed by atoms with E-state index in [2.05, 4.69) is 31.2 Å². The zero-order chi connectivity index (χ0) is 18.8. The molecule has 1 heterocycles. The van der Waals surface area contributed by atoms with E-state index in [0.29, 0.717) is 11.3 Å². The van der Waals surface area contributed by atoms with Crippen LogP contribution in [0.2, 0.25) is 0 Å². The summed E-state index contributed by atoms with van der Waals surface area (Å²) in [6, 6.07) is 7.12. The van der Waals surface area contributed by atoms with Crippen LogP contribution < -0.4 is 5.32 Å². The largest absolute Gasteiger partial charge is 0.481 e. The Balaban J connectivity index is 2.25. The van der Waals surface area contributed by atoms with Gasteiger partial charge in [0.05, 0.1) is 23.7 Å². The van der Waals surface area contributed by atoms with Crippen LogP contribution >= 0.6 is 0 Å². The molecule has 0 bridgehead atoms. The lowest BCUT2D eigenvalue weighted by Crippen LogP contribution is -2.30. The number of hydrogen-bond acceptors (Lipinski definition) is 3. The third-order valence-electron chi connectivity index (χ3n) is 4.12. The Morgan fingerprint density at radius 2 is 1.84 bits per heavy atom. The smallest absolute Gasteiger partial charge is 0.305 e. The maximum absolute atomic E-state index is 12.5. The van der Waals surface area contributed by atoms with Gasteiger partial charge in [-0.25, -0.2) is 0 Å². The lowest BCUT2D eigenvalue weighted by molar-refractivity contribution is -0.137. The van der Waals surface area contributed by atoms with Crippen molar-refractivity contribution in [2.45, 2.75) is 45.6 Å². The first-order valence-electron chi connectivity index (χ1n) is 8.21. The molecule has 0 radical (unpaired) electrons. The van der Waals surface area contributed by atoms with Gasteiger partial charge >= 0.3 is 5.97 Å². The summed E-state index contributed by atoms with van der Waals surface area (Å²) >= 11 is 0. The maximum atomic E-state index is 12.5. The predicted molar refractivity (Wildman–Crippen MR) is 95.5 cm³/mol. The predicted octanol–water partition coefficient (Wildman–Crippen LogP) is 2.97. The van der Waals surface area contributed by atoms with Crippen molar-refractivity contribution in [3.05, 3.63) is 52.8 Å². The van der Waals surface area contributed by atoms with Crippen molar-refractivity contribution in [2.75, 3.05) is 0 Å². The Bertz CT molecular complexity index is 770. The second-order valence-electron chi connectivity index (χ2n) is 7.30. The Kier molecular flexibility index (Phi) is 5.30. The van der Waals surface area contributed by atoms with E-state index in [-0.39, 0.29) is 17.7 Å². The molecule has 1 amide bonds. The highest BCUT2D eigenvalue weighted by Crippen LogP contribution is 2.25. The molecule has 1 aromatic carbocycles. The molecule has 1 atom stereocenters. The molecule has 0 spiro atoms. The molecule has 2 N–H and O–H groups in total. The molecule has 1 unspecified atom stereocenters. The number of carbonyl (C=O) groups is 2. The van der Waals surface area contributed by atoms with Crippen LogP contribution in [0.15, 0.2) is 30.5 Å². The van der Waals surface area contributed by atoms with E-state index >= 15 is 0 Å². The number of benzene rings is 1. The van der Waals surface area contributed by atoms with E-state index < -0.39 is 12.0 Å². The number of nitrogens with one attached hydrogen (secondary N) is 1. The molecule has 0 saturated carbocycles. The number of hydrogen-bond donors (Lipinski definition) is 2. The van der Waals surface area contributed by atoms with Crippen LogP contribution in [-0.4, -0.2) is 26.8 Å². The minimum absolute atomic E-state index is 0.0108. The van der Waals surface area contributed by atoms with Gasteiger partial charge in [-0.3, -0.25) is 14.3 Å². The number of aryl methyl sites for hydroxylation is 2. The second kappa shape index (κ2) is 7.09. The fourth-order valence-corrected chi connectivity index (χ4v) is 2.70. The monoisotopic (exact) mass is 343 g/mol. The van der Waals surface area contributed by atoms with Crippen LogP contribution in [0.1, 0.15) is 60.4 Å². The van der Waals surface area contributed by atoms with Gasteiger partial charge in [-0.1, -0.05) is 45.0 Å². The Morgan fingerprint density at radius 1 is 1.24 bits per heavy atom. The van der Waals surface area contributed by atoms with Gasteiger partial charge in [0.15, 0.2) is 0 Å². The Hall–Kier alpha value is -2.63. The van der Waals surface area contributed by atoms with Gasteiger partial charge in [0, 0.05) is 13.2 Å². The lowest BCUT2D eigenvalue weighted by Gasteiger charge is -2.21. The van der Waals surface area contributed by atoms with Crippen LogP contribution in [0.4, 0.5) is 0 Å². The summed E-state index contributed by atoms with van der Waals surface area (Å²) in [5, 5.41) is 16.2. The van der Waals surface area contributed by atoms with Crippen molar-refractivity contribution < 1.29 is 14.7 Å². The van der Waals surface area contributed by atoms with Gasteiger partial charge in [0.25, 0.3) is 5.91 Å². The quantitative estimate of drug-likeness (QED) is 0.874. The van der Waals surface area contributed by atoms with E-state index in [9.17, 15) is 14.7 Å². The Morgan fingerprint density at radius 3 is 2.28 bits per heavy atom. The Labute approximate surface area is 147 Å². The average Bonchev–Trinajstić information content (AvgIpc) is 2.84. The second-order valence-corrected chi connectivity index (χ2v) is 7.30. The summed E-state index contributed by atoms with van der Waals surface area (Å²) in [6.45, 7) is 8.09. The number of amides is 1. The van der Waals surface area contributed by atoms with Crippen molar-refractivity contribution in [1.29, 1.82) is 0 Å². The highest BCUT2D eigenvalue weighted by molar-refractivity contribution is 5.95. The molecule has 1 aromatic heterocycles. The number of carboxylic acid groups (broad SMARTS) is 1. The third-order valence-corrected chi connectivity index (χ3v) is 4.12. The minimum Gasteiger partial charge on any atom is -0.481 e. The molecule has 0 fully saturated rings. The average molecular weight is 343 g/mol. The SMILES string of the molecule is Cc1nn(C)cc1C(=O)NC(CC(=O)O)c1ccc(C(C)(C)C)cc1. The molecule has 0 aliphatic carbocycles. The summed E-state index contributed by atoms with van der Waals surface area (Å²) < 4.78 is 1.56. The zero-order valence-corrected chi connectivity index (χ0v) is 15.3. The van der Waals surface area contributed by atoms with Crippen molar-refractivity contribution in [1.82, 2.24) is 15.1 Å². The summed E-state index contributed by atoms with van der Waals surface area (Å²) in [5.41, 5.74) is 2.99. The van der Waals surface area contributed by atoms with Gasteiger partial charge in [0.1, 0.15) is 0 Å². The minimum atomic E-state index is -0.965. The fourth-order valence-electron chi connectivity index (χ4n) is 2.70. The summed E-state index contributed by atoms with van der Waals surface area (Å²) in [5.74, 6) is -1.29. The van der Waals surface area contributed by atoms with E-state index in [1.807, 2.05) is 24.3 Å². The van der Waals surface area contributed by atoms with Crippen molar-refractivity contribution in [3.63, 3.8) is 0 Å². The number of carbonyl (C=O) groups excluding carboxylic acids is 1. The molecule has 0 aliphatic rings. The first kappa shape index (κ1) is 18.7. The normalized spacial score (nSPS) is 12.7. The van der Waals surface area contributed by atoms with E-state index in [0.717, 1.165) is 11.1 Å². The molecule has 134 valence electrons. The zero-order valence-electron chi connectivity index (χ0n) is 15.3. The highest BCUT2D eigenvalue weighted by atomic mass is 16.4. The van der Waals surface area contributed by atoms with Crippen molar-refractivity contribution >= 4 is 11.9 Å². The summed E-state index contributed by atoms with van der Waals surface area (Å²) in [7, 11) is 1.74. The summed E-state index contributed by atoms with van der Waals surface area (Å²) in [6.07, 6.45) is 1.45. The molecule has 0 aliphatic heterocycles. The van der Waals surface area contributed by atoms with Crippen LogP contribution in [0.25, 0.3) is 0 Å². The van der Waals surface area contributed by atoms with Gasteiger partial charge in [0.2, 0.25) is 0 Å². The van der Waals surface area contributed by atoms with Gasteiger partial charge < -0.3 is 10.4 Å². The van der Waals surface area contributed by atoms with E-state index in [4.69, 9.17) is 0 Å². The van der Waals surface area contributed by atoms with Crippen LogP contribution in [-0.2, 0) is 17.3 Å². The number of aromatic nitrogens is 2. The maximum Gasteiger partial charge on any atom is 0.305 e. The summed E-state index contributed by atoms with van der Waals surface area (Å²) in [4.78, 5) is 23.7. The molecule has 6 heteroatoms. The third kappa shape index (κ3) is 4.68. The lowest BCUT2D eigenvalue weighted by atomic mass is 9.86. The molecule has 2 rings (SSSR count). The van der Waals surface area contributed by atoms with Crippen molar-refractivity contribution in [2.24, 2.45) is 7.05 Å². The highest BCUT2D eigenvalue weighted by Gasteiger charge is 2.22. The molecular weight excluding hydrogens is 318 g/mol. The van der Waals surface area contributed by atoms with Crippen LogP contribution in [0.3, 0.4) is 0 Å². The number of carboxylic acids is 1. The standard InChI is InChI=1S/C19H25N3O3/c1-12-15(11-22(5)21-12)18(25)20-16(10-17(23)24)13-6-8-14(9-7-13)19(2,3)4/h6-9,11,16H,10H2,1-5H3,(H,20,25)(H,23,24). The van der Waals surface area contributed by atoms with Crippen molar-refractivity contribution in [3.8, 4) is 0 Å². The van der Waals surface area contributed by atoms with E-state index in [1.54, 1.807) is 24.9 Å². The van der Waals surface area contributed by atoms with Crippen LogP contribution in [0, 0.1) is 6.92 Å². The number of rotatable bonds is 5. The first-order chi connectivity index (χ1) is 11.6. The van der Waals surface area contributed by atoms with Gasteiger partial charge in [-0.2, -0.15) is 5.10 Å². The fraction of sp³-hybridized carbons (Fsp3) is 0.421. The molecule has 6 nitrogen and oxygen atoms in total. The topological polar surface area (TPSA) is 84.2 Å². The molecular formula is C19H25N3O3. The van der Waals surface area contributed by atoms with E-state index in [1.165, 1.54) is 0 Å². The number of aliphatic carboxylic acids is 1. The molecule has 2 aromatic rings. The molecule has 25 heavy (non-hydrogen) atoms. The first-order valence-corrected chi connectivity index (χ1v) is 8.21. The van der Waals surface area contributed by atoms with Gasteiger partial charge in [-0.15, -0.1) is 0 Å². The molecule has 0 saturated heterocycles.